The van der Waals surface area contributed by atoms with E-state index in [9.17, 15) is 1.37 Å². The number of para-hydroxylation sites is 1. The van der Waals surface area contributed by atoms with Crippen molar-refractivity contribution >= 4 is 22.1 Å². The van der Waals surface area contributed by atoms with Crippen molar-refractivity contribution < 1.29 is 14.0 Å². The molecule has 0 saturated heterocycles. The average molecular weight is 576 g/mol. The summed E-state index contributed by atoms with van der Waals surface area (Å²) < 4.78 is 67.4. The monoisotopic (exact) mass is 575 g/mol. The maximum absolute atomic E-state index is 9.32. The van der Waals surface area contributed by atoms with E-state index in [2.05, 4.69) is 23.2 Å². The fourth-order valence-electron chi connectivity index (χ4n) is 6.09. The molecular weight excluding hydrogens is 524 g/mol. The van der Waals surface area contributed by atoms with Crippen LogP contribution in [0.4, 0.5) is 0 Å². The van der Waals surface area contributed by atoms with Gasteiger partial charge in [0.15, 0.2) is 0 Å². The van der Waals surface area contributed by atoms with Gasteiger partial charge in [0, 0.05) is 43.6 Å². The Balaban J connectivity index is 1.57. The van der Waals surface area contributed by atoms with Crippen molar-refractivity contribution in [3.63, 3.8) is 0 Å². The lowest BCUT2D eigenvalue weighted by atomic mass is 9.78. The zero-order chi connectivity index (χ0) is 36.6. The maximum Gasteiger partial charge on any atom is 0.227 e. The Labute approximate surface area is 266 Å². The summed E-state index contributed by atoms with van der Waals surface area (Å²) in [5.74, 6) is -1.88. The van der Waals surface area contributed by atoms with Crippen LogP contribution in [0.1, 0.15) is 110 Å². The Morgan fingerprint density at radius 2 is 1.84 bits per heavy atom. The van der Waals surface area contributed by atoms with Gasteiger partial charge in [0.2, 0.25) is 5.71 Å². The van der Waals surface area contributed by atoms with E-state index < -0.39 is 30.4 Å². The first-order valence-electron chi connectivity index (χ1n) is 18.5. The lowest BCUT2D eigenvalue weighted by molar-refractivity contribution is 0.410. The summed E-state index contributed by atoms with van der Waals surface area (Å²) in [5, 5.41) is 1.54. The van der Waals surface area contributed by atoms with Gasteiger partial charge in [0.25, 0.3) is 0 Å². The van der Waals surface area contributed by atoms with Gasteiger partial charge in [-0.3, -0.25) is 4.98 Å². The number of aromatic nitrogens is 2. The number of fused-ring (bicyclic) bond motifs is 3. The largest absolute Gasteiger partial charge is 0.437 e. The van der Waals surface area contributed by atoms with Crippen LogP contribution in [0.15, 0.2) is 83.4 Å². The summed E-state index contributed by atoms with van der Waals surface area (Å²) in [6.45, 7) is 10.1. The molecule has 3 nitrogen and oxygen atoms in total. The number of hydrogen-bond acceptors (Lipinski definition) is 3. The zero-order valence-corrected chi connectivity index (χ0v) is 26.1. The molecule has 220 valence electrons. The molecule has 43 heavy (non-hydrogen) atoms. The highest BCUT2D eigenvalue weighted by molar-refractivity contribution is 6.08. The van der Waals surface area contributed by atoms with Crippen LogP contribution in [-0.4, -0.2) is 9.97 Å². The molecule has 1 aliphatic rings. The molecule has 0 fully saturated rings. The molecule has 0 radical (unpaired) electrons. The fourth-order valence-corrected chi connectivity index (χ4v) is 6.09. The predicted octanol–water partition coefficient (Wildman–Crippen LogP) is 11.5. The molecule has 0 aliphatic heterocycles. The normalized spacial score (nSPS) is 19.0. The molecular formula is C40H44N2O. The summed E-state index contributed by atoms with van der Waals surface area (Å²) in [7, 11) is 0. The van der Waals surface area contributed by atoms with Crippen molar-refractivity contribution in [2.75, 3.05) is 0 Å². The van der Waals surface area contributed by atoms with E-state index in [1.54, 1.807) is 20.8 Å². The Morgan fingerprint density at radius 1 is 1.00 bits per heavy atom. The van der Waals surface area contributed by atoms with Crippen LogP contribution in [-0.2, 0) is 6.37 Å². The van der Waals surface area contributed by atoms with Gasteiger partial charge in [-0.05, 0) is 88.9 Å². The van der Waals surface area contributed by atoms with Crippen molar-refractivity contribution in [3.8, 4) is 22.5 Å². The average Bonchev–Trinajstić information content (AvgIpc) is 3.40. The Bertz CT molecular complexity index is 2170. The summed E-state index contributed by atoms with van der Waals surface area (Å²) >= 11 is 0. The van der Waals surface area contributed by atoms with Crippen LogP contribution >= 0.6 is 0 Å². The molecule has 3 heterocycles. The third-order valence-corrected chi connectivity index (χ3v) is 7.97. The number of allylic oxidation sites excluding steroid dienone is 4. The van der Waals surface area contributed by atoms with Crippen molar-refractivity contribution in [3.05, 3.63) is 107 Å². The first-order valence-corrected chi connectivity index (χ1v) is 15.0. The first kappa shape index (κ1) is 21.7. The van der Waals surface area contributed by atoms with Crippen LogP contribution in [0.3, 0.4) is 0 Å². The molecule has 1 unspecified atom stereocenters. The number of hydrogen-bond donors (Lipinski definition) is 0. The summed E-state index contributed by atoms with van der Waals surface area (Å²) in [6, 6.07) is 15.0. The molecule has 1 atom stereocenters. The third-order valence-electron chi connectivity index (χ3n) is 7.97. The van der Waals surface area contributed by atoms with Gasteiger partial charge in [0.05, 0.1) is 11.4 Å². The predicted molar refractivity (Wildman–Crippen MR) is 182 cm³/mol. The van der Waals surface area contributed by atoms with Crippen LogP contribution in [0.5, 0.6) is 0 Å². The molecule has 2 aromatic carbocycles. The van der Waals surface area contributed by atoms with Crippen LogP contribution in [0.2, 0.25) is 0 Å². The fraction of sp³-hybridized carbons (Fsp3) is 0.350. The van der Waals surface area contributed by atoms with E-state index in [0.717, 1.165) is 39.4 Å². The Hall–Kier alpha value is -3.98. The summed E-state index contributed by atoms with van der Waals surface area (Å²) in [5.41, 5.74) is 4.88. The number of benzene rings is 2. The number of aryl methyl sites for hydroxylation is 1. The minimum atomic E-state index is -2.57. The van der Waals surface area contributed by atoms with E-state index in [1.807, 2.05) is 76.2 Å². The standard InChI is InChI=1S/C40H44N2O/c1-24(2)29-17-18-30(27-13-10-9-11-14-27)36(25(3)4)37(29)34-20-19-32-31-15-12-16-33(38(31)43-39(32)42-34)35-21-26(5)28(23-41-35)22-40(6,7)8/h9-13,15-21,23-25,27H,14,22H2,1-8H3/i5D3,22D2,24D,25D. The second-order valence-corrected chi connectivity index (χ2v) is 12.9. The molecule has 1 aliphatic carbocycles. The molecule has 0 N–H and O–H groups in total. The van der Waals surface area contributed by atoms with Gasteiger partial charge in [-0.2, -0.15) is 0 Å². The van der Waals surface area contributed by atoms with Crippen molar-refractivity contribution in [1.82, 2.24) is 9.97 Å². The topological polar surface area (TPSA) is 38.9 Å². The van der Waals surface area contributed by atoms with Crippen molar-refractivity contribution in [2.24, 2.45) is 5.41 Å². The number of rotatable bonds is 6. The van der Waals surface area contributed by atoms with Gasteiger partial charge >= 0.3 is 0 Å². The summed E-state index contributed by atoms with van der Waals surface area (Å²) in [4.78, 5) is 9.65. The zero-order valence-electron chi connectivity index (χ0n) is 33.1. The van der Waals surface area contributed by atoms with Crippen molar-refractivity contribution in [1.29, 1.82) is 0 Å². The van der Waals surface area contributed by atoms with Gasteiger partial charge in [-0.25, -0.2) is 4.98 Å². The highest BCUT2D eigenvalue weighted by Gasteiger charge is 2.25. The second-order valence-electron chi connectivity index (χ2n) is 12.9. The van der Waals surface area contributed by atoms with Crippen LogP contribution in [0.25, 0.3) is 44.6 Å². The van der Waals surface area contributed by atoms with Gasteiger partial charge in [0.1, 0.15) is 5.58 Å². The second kappa shape index (κ2) is 11.3. The number of pyridine rings is 2. The van der Waals surface area contributed by atoms with E-state index >= 15 is 0 Å². The SMILES string of the molecule is [2H]C([2H])([2H])c1cc(-c2cccc3c2oc2nc(-c4c(C([2H])(C)C)ccc(C5C=CC=CC5)c4C([2H])(C)C)ccc23)ncc1C([2H])([2H])C(C)(C)C. The van der Waals surface area contributed by atoms with E-state index in [4.69, 9.17) is 17.6 Å². The molecule has 0 bridgehead atoms. The molecule has 5 aromatic rings. The minimum absolute atomic E-state index is 0.0417. The number of furan rings is 1. The Morgan fingerprint density at radius 3 is 2.53 bits per heavy atom. The lowest BCUT2D eigenvalue weighted by Gasteiger charge is -2.26. The number of nitrogens with zero attached hydrogens (tertiary/aromatic N) is 2. The lowest BCUT2D eigenvalue weighted by Crippen LogP contribution is -2.10. The highest BCUT2D eigenvalue weighted by atomic mass is 16.3. The first-order chi connectivity index (χ1) is 23.1. The molecule has 3 aromatic heterocycles. The Kier molecular flexibility index (Phi) is 5.68. The van der Waals surface area contributed by atoms with Gasteiger partial charge in [-0.15, -0.1) is 0 Å². The molecule has 0 spiro atoms. The van der Waals surface area contributed by atoms with Crippen LogP contribution in [0, 0.1) is 12.3 Å². The van der Waals surface area contributed by atoms with E-state index in [0.29, 0.717) is 28.2 Å². The maximum atomic E-state index is 9.32. The van der Waals surface area contributed by atoms with Crippen molar-refractivity contribution in [2.45, 2.75) is 85.8 Å². The quantitative estimate of drug-likeness (QED) is 0.202. The third kappa shape index (κ3) is 5.58. The molecule has 6 rings (SSSR count). The molecule has 3 heteroatoms. The van der Waals surface area contributed by atoms with Gasteiger partial charge < -0.3 is 4.42 Å². The van der Waals surface area contributed by atoms with E-state index in [1.165, 1.54) is 12.3 Å². The minimum Gasteiger partial charge on any atom is -0.437 e. The molecule has 0 saturated carbocycles. The summed E-state index contributed by atoms with van der Waals surface area (Å²) in [6.07, 6.45) is 8.58. The highest BCUT2D eigenvalue weighted by Crippen LogP contribution is 2.43. The molecule has 0 amide bonds. The smallest absolute Gasteiger partial charge is 0.227 e. The van der Waals surface area contributed by atoms with Crippen LogP contribution < -0.4 is 0 Å². The van der Waals surface area contributed by atoms with Gasteiger partial charge in [-0.1, -0.05) is 97.0 Å². The van der Waals surface area contributed by atoms with E-state index in [-0.39, 0.29) is 17.0 Å².